The van der Waals surface area contributed by atoms with Gasteiger partial charge >= 0.3 is 0 Å². The minimum atomic E-state index is 0.0531. The van der Waals surface area contributed by atoms with Crippen molar-refractivity contribution in [2.24, 2.45) is 0 Å². The standard InChI is InChI=1S/C14H13N3O2/c18-6-5-15-14-16-7-10(8-17-14)12-9-19-13-4-2-1-3-11(12)13/h1-4,7-9,18H,5-6H2,(H,15,16,17). The Kier molecular flexibility index (Phi) is 3.12. The lowest BCUT2D eigenvalue weighted by Crippen LogP contribution is -2.08. The van der Waals surface area contributed by atoms with Crippen LogP contribution < -0.4 is 5.32 Å². The molecule has 0 aliphatic heterocycles. The molecule has 0 aliphatic rings. The molecule has 0 fully saturated rings. The van der Waals surface area contributed by atoms with Gasteiger partial charge in [-0.3, -0.25) is 0 Å². The minimum absolute atomic E-state index is 0.0531. The van der Waals surface area contributed by atoms with E-state index in [9.17, 15) is 0 Å². The normalized spacial score (nSPS) is 10.8. The SMILES string of the molecule is OCCNc1ncc(-c2coc3ccccc23)cn1. The number of nitrogens with one attached hydrogen (secondary N) is 1. The van der Waals surface area contributed by atoms with E-state index >= 15 is 0 Å². The molecule has 3 rings (SSSR count). The molecule has 5 nitrogen and oxygen atoms in total. The van der Waals surface area contributed by atoms with Gasteiger partial charge in [0.1, 0.15) is 5.58 Å². The van der Waals surface area contributed by atoms with E-state index in [0.29, 0.717) is 12.5 Å². The number of nitrogens with zero attached hydrogens (tertiary/aromatic N) is 2. The molecule has 2 N–H and O–H groups in total. The van der Waals surface area contributed by atoms with Crippen LogP contribution in [-0.2, 0) is 0 Å². The smallest absolute Gasteiger partial charge is 0.222 e. The van der Waals surface area contributed by atoms with Gasteiger partial charge in [0.05, 0.1) is 12.9 Å². The molecule has 19 heavy (non-hydrogen) atoms. The van der Waals surface area contributed by atoms with E-state index in [1.165, 1.54) is 0 Å². The summed E-state index contributed by atoms with van der Waals surface area (Å²) in [6.07, 6.45) is 5.19. The molecule has 0 aliphatic carbocycles. The second kappa shape index (κ2) is 5.07. The highest BCUT2D eigenvalue weighted by atomic mass is 16.3. The number of rotatable bonds is 4. The van der Waals surface area contributed by atoms with Crippen LogP contribution in [0.1, 0.15) is 0 Å². The fraction of sp³-hybridized carbons (Fsp3) is 0.143. The molecular formula is C14H13N3O2. The zero-order valence-electron chi connectivity index (χ0n) is 10.2. The maximum Gasteiger partial charge on any atom is 0.222 e. The summed E-state index contributed by atoms with van der Waals surface area (Å²) in [5.41, 5.74) is 2.73. The minimum Gasteiger partial charge on any atom is -0.464 e. The number of hydrogen-bond acceptors (Lipinski definition) is 5. The highest BCUT2D eigenvalue weighted by Crippen LogP contribution is 2.29. The van der Waals surface area contributed by atoms with Crippen molar-refractivity contribution in [3.8, 4) is 11.1 Å². The third-order valence-corrected chi connectivity index (χ3v) is 2.84. The van der Waals surface area contributed by atoms with Crippen LogP contribution in [0.3, 0.4) is 0 Å². The van der Waals surface area contributed by atoms with Crippen molar-refractivity contribution < 1.29 is 9.52 Å². The van der Waals surface area contributed by atoms with Crippen LogP contribution in [0.25, 0.3) is 22.1 Å². The predicted octanol–water partition coefficient (Wildman–Crippen LogP) is 2.29. The molecule has 0 saturated heterocycles. The summed E-state index contributed by atoms with van der Waals surface area (Å²) >= 11 is 0. The highest BCUT2D eigenvalue weighted by Gasteiger charge is 2.08. The van der Waals surface area contributed by atoms with Crippen LogP contribution in [0, 0.1) is 0 Å². The Morgan fingerprint density at radius 2 is 1.95 bits per heavy atom. The predicted molar refractivity (Wildman–Crippen MR) is 72.8 cm³/mol. The third-order valence-electron chi connectivity index (χ3n) is 2.84. The summed E-state index contributed by atoms with van der Waals surface area (Å²) in [6.45, 7) is 0.492. The van der Waals surface area contributed by atoms with Crippen LogP contribution in [0.4, 0.5) is 5.95 Å². The van der Waals surface area contributed by atoms with Crippen LogP contribution in [0.2, 0.25) is 0 Å². The summed E-state index contributed by atoms with van der Waals surface area (Å²) in [5.74, 6) is 0.505. The average Bonchev–Trinajstić information content (AvgIpc) is 2.90. The Hall–Kier alpha value is -2.40. The fourth-order valence-corrected chi connectivity index (χ4v) is 1.93. The number of aliphatic hydroxyl groups excluding tert-OH is 1. The number of aromatic nitrogens is 2. The molecule has 0 radical (unpaired) electrons. The van der Waals surface area contributed by atoms with Crippen LogP contribution in [0.5, 0.6) is 0 Å². The monoisotopic (exact) mass is 255 g/mol. The van der Waals surface area contributed by atoms with Gasteiger partial charge in [-0.05, 0) is 6.07 Å². The Bertz CT molecular complexity index is 676. The molecule has 0 saturated carbocycles. The van der Waals surface area contributed by atoms with Gasteiger partial charge in [0.2, 0.25) is 5.95 Å². The van der Waals surface area contributed by atoms with Crippen molar-refractivity contribution in [3.05, 3.63) is 42.9 Å². The molecule has 2 heterocycles. The number of benzene rings is 1. The molecular weight excluding hydrogens is 242 g/mol. The van der Waals surface area contributed by atoms with Gasteiger partial charge in [0.15, 0.2) is 0 Å². The van der Waals surface area contributed by atoms with Crippen molar-refractivity contribution in [1.29, 1.82) is 0 Å². The molecule has 0 amide bonds. The molecule has 5 heteroatoms. The van der Waals surface area contributed by atoms with E-state index in [1.807, 2.05) is 24.3 Å². The van der Waals surface area contributed by atoms with Crippen LogP contribution in [-0.4, -0.2) is 28.2 Å². The number of furan rings is 1. The van der Waals surface area contributed by atoms with Crippen molar-refractivity contribution in [2.45, 2.75) is 0 Å². The molecule has 0 unspecified atom stereocenters. The molecule has 2 aromatic heterocycles. The Morgan fingerprint density at radius 1 is 1.16 bits per heavy atom. The topological polar surface area (TPSA) is 71.2 Å². The first kappa shape index (κ1) is 11.7. The maximum absolute atomic E-state index is 8.72. The van der Waals surface area contributed by atoms with Gasteiger partial charge in [-0.1, -0.05) is 18.2 Å². The number of anilines is 1. The van der Waals surface area contributed by atoms with Crippen molar-refractivity contribution in [2.75, 3.05) is 18.5 Å². The first-order chi connectivity index (χ1) is 9.38. The summed E-state index contributed by atoms with van der Waals surface area (Å²) in [5, 5.41) is 12.7. The first-order valence-electron chi connectivity index (χ1n) is 6.02. The van der Waals surface area contributed by atoms with Crippen LogP contribution >= 0.6 is 0 Å². The average molecular weight is 255 g/mol. The van der Waals surface area contributed by atoms with Gasteiger partial charge in [0, 0.05) is 35.5 Å². The van der Waals surface area contributed by atoms with Crippen molar-refractivity contribution in [3.63, 3.8) is 0 Å². The molecule has 0 atom stereocenters. The van der Waals surface area contributed by atoms with Gasteiger partial charge in [-0.25, -0.2) is 9.97 Å². The highest BCUT2D eigenvalue weighted by molar-refractivity contribution is 5.93. The van der Waals surface area contributed by atoms with E-state index in [1.54, 1.807) is 18.7 Å². The van der Waals surface area contributed by atoms with E-state index in [4.69, 9.17) is 9.52 Å². The van der Waals surface area contributed by atoms with Gasteiger partial charge in [-0.2, -0.15) is 0 Å². The number of fused-ring (bicyclic) bond motifs is 1. The van der Waals surface area contributed by atoms with E-state index in [0.717, 1.165) is 22.1 Å². The second-order valence-corrected chi connectivity index (χ2v) is 4.09. The first-order valence-corrected chi connectivity index (χ1v) is 6.02. The Balaban J connectivity index is 1.93. The molecule has 3 aromatic rings. The second-order valence-electron chi connectivity index (χ2n) is 4.09. The van der Waals surface area contributed by atoms with Gasteiger partial charge < -0.3 is 14.8 Å². The molecule has 1 aromatic carbocycles. The lowest BCUT2D eigenvalue weighted by molar-refractivity contribution is 0.311. The number of aliphatic hydroxyl groups is 1. The van der Waals surface area contributed by atoms with Gasteiger partial charge in [0.25, 0.3) is 0 Å². The summed E-state index contributed by atoms with van der Waals surface area (Å²) in [6, 6.07) is 7.84. The fourth-order valence-electron chi connectivity index (χ4n) is 1.93. The van der Waals surface area contributed by atoms with Crippen molar-refractivity contribution in [1.82, 2.24) is 9.97 Å². The lowest BCUT2D eigenvalue weighted by Gasteiger charge is -2.03. The van der Waals surface area contributed by atoms with E-state index in [-0.39, 0.29) is 6.61 Å². The summed E-state index contributed by atoms with van der Waals surface area (Å²) < 4.78 is 5.49. The van der Waals surface area contributed by atoms with E-state index in [2.05, 4.69) is 15.3 Å². The Morgan fingerprint density at radius 3 is 2.74 bits per heavy atom. The maximum atomic E-state index is 8.72. The van der Waals surface area contributed by atoms with Crippen molar-refractivity contribution >= 4 is 16.9 Å². The summed E-state index contributed by atoms with van der Waals surface area (Å²) in [4.78, 5) is 8.41. The lowest BCUT2D eigenvalue weighted by atomic mass is 10.1. The third kappa shape index (κ3) is 2.28. The zero-order chi connectivity index (χ0) is 13.1. The number of para-hydroxylation sites is 1. The Labute approximate surface area is 109 Å². The molecule has 0 spiro atoms. The van der Waals surface area contributed by atoms with Gasteiger partial charge in [-0.15, -0.1) is 0 Å². The molecule has 0 bridgehead atoms. The number of hydrogen-bond donors (Lipinski definition) is 2. The largest absolute Gasteiger partial charge is 0.464 e. The summed E-state index contributed by atoms with van der Waals surface area (Å²) in [7, 11) is 0. The quantitative estimate of drug-likeness (QED) is 0.748. The van der Waals surface area contributed by atoms with Crippen LogP contribution in [0.15, 0.2) is 47.3 Å². The van der Waals surface area contributed by atoms with E-state index < -0.39 is 0 Å². The molecule has 96 valence electrons. The zero-order valence-corrected chi connectivity index (χ0v) is 10.2.